The van der Waals surface area contributed by atoms with Gasteiger partial charge in [0.05, 0.1) is 17.1 Å². The highest BCUT2D eigenvalue weighted by Crippen LogP contribution is 2.26. The summed E-state index contributed by atoms with van der Waals surface area (Å²) in [6.45, 7) is 4.19. The number of anilines is 1. The topological polar surface area (TPSA) is 92.8 Å². The van der Waals surface area contributed by atoms with Gasteiger partial charge in [-0.2, -0.15) is 4.31 Å². The first-order chi connectivity index (χ1) is 14.7. The molecule has 1 amide bonds. The molecule has 1 N–H and O–H groups in total. The summed E-state index contributed by atoms with van der Waals surface area (Å²) < 4.78 is 44.9. The summed E-state index contributed by atoms with van der Waals surface area (Å²) in [4.78, 5) is 24.7. The van der Waals surface area contributed by atoms with Crippen LogP contribution in [-0.4, -0.2) is 44.3 Å². The van der Waals surface area contributed by atoms with Gasteiger partial charge in [0.2, 0.25) is 15.9 Å². The number of hydrogen-bond donors (Lipinski definition) is 1. The largest absolute Gasteiger partial charge is 0.462 e. The van der Waals surface area contributed by atoms with Crippen LogP contribution in [0.15, 0.2) is 47.4 Å². The molecule has 166 valence electrons. The Labute approximate surface area is 181 Å². The van der Waals surface area contributed by atoms with E-state index < -0.39 is 21.8 Å². The summed E-state index contributed by atoms with van der Waals surface area (Å²) in [5, 5.41) is 2.85. The minimum Gasteiger partial charge on any atom is -0.462 e. The number of carbonyl (C=O) groups excluding carboxylic acids is 2. The number of benzene rings is 2. The molecule has 1 fully saturated rings. The zero-order valence-corrected chi connectivity index (χ0v) is 18.2. The van der Waals surface area contributed by atoms with Gasteiger partial charge in [-0.05, 0) is 68.7 Å². The first kappa shape index (κ1) is 22.9. The molecule has 1 saturated heterocycles. The van der Waals surface area contributed by atoms with Crippen molar-refractivity contribution in [3.05, 3.63) is 59.4 Å². The van der Waals surface area contributed by atoms with Gasteiger partial charge in [-0.15, -0.1) is 0 Å². The van der Waals surface area contributed by atoms with Crippen LogP contribution in [0.4, 0.5) is 10.1 Å². The first-order valence-corrected chi connectivity index (χ1v) is 11.5. The van der Waals surface area contributed by atoms with E-state index in [1.54, 1.807) is 25.1 Å². The number of piperidine rings is 1. The molecule has 0 bridgehead atoms. The number of carbonyl (C=O) groups is 2. The number of sulfonamides is 1. The van der Waals surface area contributed by atoms with Crippen LogP contribution in [0.1, 0.15) is 35.7 Å². The van der Waals surface area contributed by atoms with Gasteiger partial charge in [-0.3, -0.25) is 4.79 Å². The van der Waals surface area contributed by atoms with Crippen molar-refractivity contribution < 1.29 is 27.1 Å². The van der Waals surface area contributed by atoms with Gasteiger partial charge < -0.3 is 10.1 Å². The van der Waals surface area contributed by atoms with E-state index in [-0.39, 0.29) is 36.4 Å². The predicted octanol–water partition coefficient (Wildman–Crippen LogP) is 3.35. The smallest absolute Gasteiger partial charge is 0.338 e. The highest BCUT2D eigenvalue weighted by molar-refractivity contribution is 7.89. The lowest BCUT2D eigenvalue weighted by molar-refractivity contribution is -0.120. The molecule has 31 heavy (non-hydrogen) atoms. The van der Waals surface area contributed by atoms with Gasteiger partial charge in [0.25, 0.3) is 0 Å². The standard InChI is InChI=1S/C22H25FN2O5S/c1-3-30-22(27)17-5-4-15(2)20(14-17)24-21(26)16-10-12-25(13-11-16)31(28,29)19-8-6-18(23)7-9-19/h4-9,14,16H,3,10-13H2,1-2H3,(H,24,26). The predicted molar refractivity (Wildman–Crippen MR) is 114 cm³/mol. The molecule has 0 saturated carbocycles. The third-order valence-electron chi connectivity index (χ3n) is 5.28. The number of hydrogen-bond acceptors (Lipinski definition) is 5. The molecule has 0 spiro atoms. The van der Waals surface area contributed by atoms with E-state index in [1.165, 1.54) is 16.4 Å². The summed E-state index contributed by atoms with van der Waals surface area (Å²) in [6, 6.07) is 9.66. The van der Waals surface area contributed by atoms with Gasteiger partial charge >= 0.3 is 5.97 Å². The summed E-state index contributed by atoms with van der Waals surface area (Å²) in [6.07, 6.45) is 0.728. The van der Waals surface area contributed by atoms with Crippen LogP contribution in [0.2, 0.25) is 0 Å². The van der Waals surface area contributed by atoms with Crippen LogP contribution < -0.4 is 5.32 Å². The molecule has 0 radical (unpaired) electrons. The Hall–Kier alpha value is -2.78. The van der Waals surface area contributed by atoms with Crippen molar-refractivity contribution >= 4 is 27.6 Å². The Bertz CT molecular complexity index is 1060. The average Bonchev–Trinajstić information content (AvgIpc) is 2.75. The second-order valence-electron chi connectivity index (χ2n) is 7.37. The number of nitrogens with zero attached hydrogens (tertiary/aromatic N) is 1. The van der Waals surface area contributed by atoms with E-state index in [9.17, 15) is 22.4 Å². The molecule has 1 aliphatic rings. The van der Waals surface area contributed by atoms with Crippen molar-refractivity contribution in [1.29, 1.82) is 0 Å². The maximum absolute atomic E-state index is 13.1. The van der Waals surface area contributed by atoms with Gasteiger partial charge in [0, 0.05) is 24.7 Å². The van der Waals surface area contributed by atoms with Crippen molar-refractivity contribution in [3.63, 3.8) is 0 Å². The summed E-state index contributed by atoms with van der Waals surface area (Å²) in [5.74, 6) is -1.54. The fourth-order valence-corrected chi connectivity index (χ4v) is 4.92. The normalized spacial score (nSPS) is 15.5. The Morgan fingerprint density at radius 1 is 1.13 bits per heavy atom. The van der Waals surface area contributed by atoms with Crippen LogP contribution in [0.3, 0.4) is 0 Å². The molecule has 0 aliphatic carbocycles. The lowest BCUT2D eigenvalue weighted by Gasteiger charge is -2.30. The molecule has 0 atom stereocenters. The monoisotopic (exact) mass is 448 g/mol. The molecule has 0 unspecified atom stereocenters. The van der Waals surface area contributed by atoms with E-state index in [0.29, 0.717) is 24.1 Å². The second-order valence-corrected chi connectivity index (χ2v) is 9.31. The number of aryl methyl sites for hydroxylation is 1. The van der Waals surface area contributed by atoms with E-state index in [2.05, 4.69) is 5.32 Å². The van der Waals surface area contributed by atoms with Crippen LogP contribution in [-0.2, 0) is 19.6 Å². The molecule has 7 nitrogen and oxygen atoms in total. The molecule has 2 aromatic carbocycles. The van der Waals surface area contributed by atoms with E-state index in [0.717, 1.165) is 17.7 Å². The molecule has 1 heterocycles. The lowest BCUT2D eigenvalue weighted by Crippen LogP contribution is -2.41. The Balaban J connectivity index is 1.64. The van der Waals surface area contributed by atoms with Crippen molar-refractivity contribution in [2.75, 3.05) is 25.0 Å². The first-order valence-electron chi connectivity index (χ1n) is 10.1. The van der Waals surface area contributed by atoms with Gasteiger partial charge in [0.1, 0.15) is 5.82 Å². The number of ether oxygens (including phenoxy) is 1. The van der Waals surface area contributed by atoms with Gasteiger partial charge in [-0.1, -0.05) is 6.07 Å². The van der Waals surface area contributed by atoms with Crippen molar-refractivity contribution in [1.82, 2.24) is 4.31 Å². The molecule has 2 aromatic rings. The maximum atomic E-state index is 13.1. The number of esters is 1. The summed E-state index contributed by atoms with van der Waals surface area (Å²) in [7, 11) is -3.73. The minimum atomic E-state index is -3.73. The Kier molecular flexibility index (Phi) is 7.07. The number of rotatable bonds is 6. The molecule has 9 heteroatoms. The number of halogens is 1. The zero-order chi connectivity index (χ0) is 22.6. The zero-order valence-electron chi connectivity index (χ0n) is 17.4. The van der Waals surface area contributed by atoms with E-state index >= 15 is 0 Å². The number of amides is 1. The van der Waals surface area contributed by atoms with Crippen molar-refractivity contribution in [2.45, 2.75) is 31.6 Å². The van der Waals surface area contributed by atoms with Crippen molar-refractivity contribution in [2.24, 2.45) is 5.92 Å². The Morgan fingerprint density at radius 2 is 1.77 bits per heavy atom. The average molecular weight is 449 g/mol. The van der Waals surface area contributed by atoms with Crippen LogP contribution in [0.25, 0.3) is 0 Å². The molecule has 0 aromatic heterocycles. The van der Waals surface area contributed by atoms with Crippen LogP contribution >= 0.6 is 0 Å². The Morgan fingerprint density at radius 3 is 2.39 bits per heavy atom. The number of nitrogens with one attached hydrogen (secondary N) is 1. The van der Waals surface area contributed by atoms with Gasteiger partial charge in [-0.25, -0.2) is 17.6 Å². The van der Waals surface area contributed by atoms with Crippen LogP contribution in [0.5, 0.6) is 0 Å². The van der Waals surface area contributed by atoms with E-state index in [4.69, 9.17) is 4.74 Å². The van der Waals surface area contributed by atoms with E-state index in [1.807, 2.05) is 6.92 Å². The summed E-state index contributed by atoms with van der Waals surface area (Å²) in [5.41, 5.74) is 1.68. The SMILES string of the molecule is CCOC(=O)c1ccc(C)c(NC(=O)C2CCN(S(=O)(=O)c3ccc(F)cc3)CC2)c1. The van der Waals surface area contributed by atoms with Crippen LogP contribution in [0, 0.1) is 18.7 Å². The molecule has 1 aliphatic heterocycles. The summed E-state index contributed by atoms with van der Waals surface area (Å²) >= 11 is 0. The minimum absolute atomic E-state index is 0.0307. The molecule has 3 rings (SSSR count). The lowest BCUT2D eigenvalue weighted by atomic mass is 9.97. The van der Waals surface area contributed by atoms with Crippen molar-refractivity contribution in [3.8, 4) is 0 Å². The maximum Gasteiger partial charge on any atom is 0.338 e. The van der Waals surface area contributed by atoms with Gasteiger partial charge in [0.15, 0.2) is 0 Å². The highest BCUT2D eigenvalue weighted by atomic mass is 32.2. The third kappa shape index (κ3) is 5.29. The fourth-order valence-electron chi connectivity index (χ4n) is 3.45. The fraction of sp³-hybridized carbons (Fsp3) is 0.364. The highest BCUT2D eigenvalue weighted by Gasteiger charge is 2.32. The quantitative estimate of drug-likeness (QED) is 0.684. The molecular formula is C22H25FN2O5S. The third-order valence-corrected chi connectivity index (χ3v) is 7.20. The molecular weight excluding hydrogens is 423 g/mol. The second kappa shape index (κ2) is 9.57.